The molecule has 1 fully saturated rings. The smallest absolute Gasteiger partial charge is 0.0511 e. The molecule has 1 aromatic rings. The fourth-order valence-corrected chi connectivity index (χ4v) is 2.38. The topological polar surface area (TPSA) is 21.3 Å². The first-order chi connectivity index (χ1) is 8.47. The van der Waals surface area contributed by atoms with Gasteiger partial charge in [-0.3, -0.25) is 0 Å². The Morgan fingerprint density at radius 1 is 1.28 bits per heavy atom. The largest absolute Gasteiger partial charge is 0.382 e. The molecule has 0 aromatic heterocycles. The van der Waals surface area contributed by atoms with E-state index in [-0.39, 0.29) is 5.41 Å². The van der Waals surface area contributed by atoms with E-state index in [2.05, 4.69) is 57.3 Å². The SMILES string of the molecule is C[C@H]1COCCC1Nc1cccc(C(C)(C)C)c1. The zero-order valence-corrected chi connectivity index (χ0v) is 12.0. The lowest BCUT2D eigenvalue weighted by atomic mass is 9.87. The molecular weight excluding hydrogens is 222 g/mol. The summed E-state index contributed by atoms with van der Waals surface area (Å²) in [6, 6.07) is 9.33. The summed E-state index contributed by atoms with van der Waals surface area (Å²) in [6.45, 7) is 10.8. The first-order valence-electron chi connectivity index (χ1n) is 6.91. The summed E-state index contributed by atoms with van der Waals surface area (Å²) >= 11 is 0. The summed E-state index contributed by atoms with van der Waals surface area (Å²) in [7, 11) is 0. The molecule has 0 bridgehead atoms. The Morgan fingerprint density at radius 3 is 2.72 bits per heavy atom. The zero-order valence-electron chi connectivity index (χ0n) is 12.0. The normalized spacial score (nSPS) is 24.9. The third kappa shape index (κ3) is 3.26. The number of nitrogens with one attached hydrogen (secondary N) is 1. The summed E-state index contributed by atoms with van der Waals surface area (Å²) in [5.41, 5.74) is 2.83. The lowest BCUT2D eigenvalue weighted by Gasteiger charge is -2.31. The van der Waals surface area contributed by atoms with E-state index < -0.39 is 0 Å². The Balaban J connectivity index is 2.09. The second-order valence-electron chi connectivity index (χ2n) is 6.42. The molecule has 100 valence electrons. The molecule has 1 aromatic carbocycles. The number of ether oxygens (including phenoxy) is 1. The van der Waals surface area contributed by atoms with Gasteiger partial charge in [0.25, 0.3) is 0 Å². The predicted molar refractivity (Wildman–Crippen MR) is 77.2 cm³/mol. The number of rotatable bonds is 2. The summed E-state index contributed by atoms with van der Waals surface area (Å²) in [6.07, 6.45) is 1.10. The van der Waals surface area contributed by atoms with Crippen LogP contribution in [0.15, 0.2) is 24.3 Å². The predicted octanol–water partition coefficient (Wildman–Crippen LogP) is 3.82. The van der Waals surface area contributed by atoms with Gasteiger partial charge in [-0.05, 0) is 35.4 Å². The second kappa shape index (κ2) is 5.31. The number of hydrogen-bond donors (Lipinski definition) is 1. The highest BCUT2D eigenvalue weighted by Gasteiger charge is 2.22. The minimum Gasteiger partial charge on any atom is -0.382 e. The van der Waals surface area contributed by atoms with E-state index in [4.69, 9.17) is 4.74 Å². The van der Waals surface area contributed by atoms with Gasteiger partial charge in [0.15, 0.2) is 0 Å². The maximum atomic E-state index is 5.49. The van der Waals surface area contributed by atoms with Gasteiger partial charge in [-0.15, -0.1) is 0 Å². The van der Waals surface area contributed by atoms with Gasteiger partial charge < -0.3 is 10.1 Å². The quantitative estimate of drug-likeness (QED) is 0.857. The van der Waals surface area contributed by atoms with Crippen molar-refractivity contribution in [2.75, 3.05) is 18.5 Å². The highest BCUT2D eigenvalue weighted by atomic mass is 16.5. The minimum atomic E-state index is 0.207. The van der Waals surface area contributed by atoms with Crippen LogP contribution in [0.1, 0.15) is 39.7 Å². The Labute approximate surface area is 111 Å². The maximum absolute atomic E-state index is 5.49. The van der Waals surface area contributed by atoms with Crippen LogP contribution in [0.4, 0.5) is 5.69 Å². The molecule has 1 N–H and O–H groups in total. The molecular formula is C16H25NO. The standard InChI is InChI=1S/C16H25NO/c1-12-11-18-9-8-15(12)17-14-7-5-6-13(10-14)16(2,3)4/h5-7,10,12,15,17H,8-9,11H2,1-4H3/t12-,15?/m0/s1. The second-order valence-corrected chi connectivity index (χ2v) is 6.42. The van der Waals surface area contributed by atoms with Gasteiger partial charge in [0, 0.05) is 18.3 Å². The minimum absolute atomic E-state index is 0.207. The summed E-state index contributed by atoms with van der Waals surface area (Å²) in [5, 5.41) is 3.66. The van der Waals surface area contributed by atoms with Crippen LogP contribution >= 0.6 is 0 Å². The lowest BCUT2D eigenvalue weighted by Crippen LogP contribution is -2.36. The molecule has 1 unspecified atom stereocenters. The number of benzene rings is 1. The molecule has 0 radical (unpaired) electrons. The van der Waals surface area contributed by atoms with Crippen molar-refractivity contribution < 1.29 is 4.74 Å². The zero-order chi connectivity index (χ0) is 13.2. The Morgan fingerprint density at radius 2 is 2.06 bits per heavy atom. The molecule has 1 aliphatic rings. The summed E-state index contributed by atoms with van der Waals surface area (Å²) in [4.78, 5) is 0. The highest BCUT2D eigenvalue weighted by molar-refractivity contribution is 5.48. The van der Waals surface area contributed by atoms with E-state index >= 15 is 0 Å². The molecule has 1 heterocycles. The van der Waals surface area contributed by atoms with Crippen LogP contribution in [-0.2, 0) is 10.2 Å². The molecule has 0 amide bonds. The number of anilines is 1. The van der Waals surface area contributed by atoms with Crippen LogP contribution < -0.4 is 5.32 Å². The van der Waals surface area contributed by atoms with Gasteiger partial charge in [0.1, 0.15) is 0 Å². The van der Waals surface area contributed by atoms with Gasteiger partial charge in [-0.25, -0.2) is 0 Å². The first-order valence-corrected chi connectivity index (χ1v) is 6.91. The van der Waals surface area contributed by atoms with Crippen molar-refractivity contribution >= 4 is 5.69 Å². The van der Waals surface area contributed by atoms with Crippen molar-refractivity contribution in [3.8, 4) is 0 Å². The molecule has 18 heavy (non-hydrogen) atoms. The van der Waals surface area contributed by atoms with Crippen LogP contribution in [0, 0.1) is 5.92 Å². The Bertz CT molecular complexity index is 394. The van der Waals surface area contributed by atoms with Crippen LogP contribution in [-0.4, -0.2) is 19.3 Å². The van der Waals surface area contributed by atoms with Crippen molar-refractivity contribution in [3.63, 3.8) is 0 Å². The Hall–Kier alpha value is -1.02. The van der Waals surface area contributed by atoms with Crippen LogP contribution in [0.25, 0.3) is 0 Å². The van der Waals surface area contributed by atoms with Crippen molar-refractivity contribution in [2.24, 2.45) is 5.92 Å². The fourth-order valence-electron chi connectivity index (χ4n) is 2.38. The number of hydrogen-bond acceptors (Lipinski definition) is 2. The summed E-state index contributed by atoms with van der Waals surface area (Å²) < 4.78 is 5.49. The van der Waals surface area contributed by atoms with Gasteiger partial charge >= 0.3 is 0 Å². The van der Waals surface area contributed by atoms with E-state index in [0.717, 1.165) is 19.6 Å². The van der Waals surface area contributed by atoms with Crippen molar-refractivity contribution in [3.05, 3.63) is 29.8 Å². The van der Waals surface area contributed by atoms with E-state index in [0.29, 0.717) is 12.0 Å². The Kier molecular flexibility index (Phi) is 3.96. The summed E-state index contributed by atoms with van der Waals surface area (Å²) in [5.74, 6) is 0.581. The average Bonchev–Trinajstić information content (AvgIpc) is 2.31. The average molecular weight is 247 g/mol. The first kappa shape index (κ1) is 13.4. The molecule has 2 nitrogen and oxygen atoms in total. The van der Waals surface area contributed by atoms with Crippen molar-refractivity contribution in [1.82, 2.24) is 0 Å². The van der Waals surface area contributed by atoms with Crippen LogP contribution in [0.2, 0.25) is 0 Å². The van der Waals surface area contributed by atoms with E-state index in [1.54, 1.807) is 0 Å². The molecule has 2 rings (SSSR count). The third-order valence-electron chi connectivity index (χ3n) is 3.72. The maximum Gasteiger partial charge on any atom is 0.0511 e. The van der Waals surface area contributed by atoms with E-state index in [9.17, 15) is 0 Å². The molecule has 1 aliphatic heterocycles. The van der Waals surface area contributed by atoms with E-state index in [1.807, 2.05) is 0 Å². The molecule has 0 aliphatic carbocycles. The van der Waals surface area contributed by atoms with Crippen molar-refractivity contribution in [1.29, 1.82) is 0 Å². The van der Waals surface area contributed by atoms with Crippen LogP contribution in [0.5, 0.6) is 0 Å². The monoisotopic (exact) mass is 247 g/mol. The molecule has 2 heteroatoms. The third-order valence-corrected chi connectivity index (χ3v) is 3.72. The lowest BCUT2D eigenvalue weighted by molar-refractivity contribution is 0.0538. The van der Waals surface area contributed by atoms with Gasteiger partial charge in [-0.1, -0.05) is 39.8 Å². The fraction of sp³-hybridized carbons (Fsp3) is 0.625. The molecule has 0 saturated carbocycles. The van der Waals surface area contributed by atoms with Crippen LogP contribution in [0.3, 0.4) is 0 Å². The van der Waals surface area contributed by atoms with Gasteiger partial charge in [-0.2, -0.15) is 0 Å². The highest BCUT2D eigenvalue weighted by Crippen LogP contribution is 2.26. The van der Waals surface area contributed by atoms with Crippen molar-refractivity contribution in [2.45, 2.75) is 45.6 Å². The van der Waals surface area contributed by atoms with E-state index in [1.165, 1.54) is 11.3 Å². The molecule has 0 spiro atoms. The molecule has 2 atom stereocenters. The molecule has 1 saturated heterocycles. The van der Waals surface area contributed by atoms with Gasteiger partial charge in [0.05, 0.1) is 6.61 Å². The van der Waals surface area contributed by atoms with Gasteiger partial charge in [0.2, 0.25) is 0 Å².